The van der Waals surface area contributed by atoms with Crippen molar-refractivity contribution in [3.8, 4) is 0 Å². The number of carbonyl (C=O) groups excluding carboxylic acids is 1. The summed E-state index contributed by atoms with van der Waals surface area (Å²) in [5, 5.41) is 5.99. The van der Waals surface area contributed by atoms with Crippen molar-refractivity contribution in [1.29, 1.82) is 0 Å². The van der Waals surface area contributed by atoms with E-state index in [-0.39, 0.29) is 5.91 Å². The second-order valence-corrected chi connectivity index (χ2v) is 4.64. The summed E-state index contributed by atoms with van der Waals surface area (Å²) in [6.07, 6.45) is 3.71. The van der Waals surface area contributed by atoms with Crippen LogP contribution in [-0.2, 0) is 4.79 Å². The number of imidazole rings is 1. The normalized spacial score (nSPS) is 10.5. The highest BCUT2D eigenvalue weighted by Crippen LogP contribution is 2.20. The molecule has 1 aromatic heterocycles. The number of anilines is 3. The first-order valence-corrected chi connectivity index (χ1v) is 6.24. The van der Waals surface area contributed by atoms with Crippen LogP contribution in [0.3, 0.4) is 0 Å². The van der Waals surface area contributed by atoms with Crippen molar-refractivity contribution in [1.82, 2.24) is 9.55 Å². The molecule has 0 unspecified atom stereocenters. The fraction of sp³-hybridized carbons (Fsp3) is 0.286. The molecule has 2 rings (SSSR count). The van der Waals surface area contributed by atoms with E-state index in [1.807, 2.05) is 30.5 Å². The second kappa shape index (κ2) is 5.56. The fourth-order valence-corrected chi connectivity index (χ4v) is 1.80. The summed E-state index contributed by atoms with van der Waals surface area (Å²) in [5.41, 5.74) is 1.72. The van der Waals surface area contributed by atoms with Crippen molar-refractivity contribution < 1.29 is 4.79 Å². The highest BCUT2D eigenvalue weighted by atomic mass is 16.1. The zero-order chi connectivity index (χ0) is 13.8. The molecular formula is C14H18N4O. The minimum atomic E-state index is -0.0731. The van der Waals surface area contributed by atoms with Gasteiger partial charge in [-0.15, -0.1) is 0 Å². The van der Waals surface area contributed by atoms with Gasteiger partial charge in [0.25, 0.3) is 0 Å². The average Bonchev–Trinajstić information content (AvgIpc) is 2.79. The molecular weight excluding hydrogens is 240 g/mol. The van der Waals surface area contributed by atoms with Gasteiger partial charge in [0, 0.05) is 36.7 Å². The van der Waals surface area contributed by atoms with Gasteiger partial charge in [0.2, 0.25) is 11.9 Å². The monoisotopic (exact) mass is 258 g/mol. The van der Waals surface area contributed by atoms with E-state index in [2.05, 4.69) is 34.0 Å². The first-order valence-electron chi connectivity index (χ1n) is 6.24. The number of rotatable bonds is 4. The molecule has 2 aromatic rings. The topological polar surface area (TPSA) is 59.0 Å². The molecule has 0 radical (unpaired) electrons. The Morgan fingerprint density at radius 2 is 1.84 bits per heavy atom. The smallest absolute Gasteiger partial charge is 0.221 e. The number of amides is 1. The Labute approximate surface area is 112 Å². The highest BCUT2D eigenvalue weighted by Gasteiger charge is 2.05. The molecule has 1 amide bonds. The molecule has 0 bridgehead atoms. The maximum absolute atomic E-state index is 10.9. The Kier molecular flexibility index (Phi) is 3.85. The van der Waals surface area contributed by atoms with Crippen LogP contribution >= 0.6 is 0 Å². The summed E-state index contributed by atoms with van der Waals surface area (Å²) >= 11 is 0. The molecule has 0 saturated heterocycles. The fourth-order valence-electron chi connectivity index (χ4n) is 1.80. The summed E-state index contributed by atoms with van der Waals surface area (Å²) in [7, 11) is 0. The Bertz CT molecular complexity index is 557. The van der Waals surface area contributed by atoms with E-state index in [0.717, 1.165) is 17.3 Å². The van der Waals surface area contributed by atoms with E-state index in [9.17, 15) is 4.79 Å². The van der Waals surface area contributed by atoms with Crippen molar-refractivity contribution in [2.24, 2.45) is 0 Å². The van der Waals surface area contributed by atoms with Crippen molar-refractivity contribution in [3.05, 3.63) is 36.7 Å². The number of hydrogen-bond acceptors (Lipinski definition) is 3. The third kappa shape index (κ3) is 3.34. The van der Waals surface area contributed by atoms with E-state index in [4.69, 9.17) is 0 Å². The van der Waals surface area contributed by atoms with Gasteiger partial charge in [-0.05, 0) is 38.1 Å². The van der Waals surface area contributed by atoms with Crippen LogP contribution in [0.5, 0.6) is 0 Å². The molecule has 1 aromatic carbocycles. The molecule has 0 aliphatic carbocycles. The maximum atomic E-state index is 10.9. The van der Waals surface area contributed by atoms with Gasteiger partial charge in [0.15, 0.2) is 0 Å². The molecule has 0 spiro atoms. The summed E-state index contributed by atoms with van der Waals surface area (Å²) in [5.74, 6) is 0.735. The van der Waals surface area contributed by atoms with Crippen LogP contribution in [0.4, 0.5) is 17.3 Å². The molecule has 0 aliphatic heterocycles. The first-order chi connectivity index (χ1) is 9.06. The Morgan fingerprint density at radius 1 is 1.21 bits per heavy atom. The standard InChI is InChI=1S/C14H18N4O/c1-10(2)18-9-8-15-14(18)17-13-6-4-12(5-7-13)16-11(3)19/h4-10H,1-3H3,(H,15,17)(H,16,19). The molecule has 19 heavy (non-hydrogen) atoms. The van der Waals surface area contributed by atoms with Gasteiger partial charge in [-0.25, -0.2) is 4.98 Å². The SMILES string of the molecule is CC(=O)Nc1ccc(Nc2nccn2C(C)C)cc1. The highest BCUT2D eigenvalue weighted by molar-refractivity contribution is 5.88. The van der Waals surface area contributed by atoms with Gasteiger partial charge in [0.05, 0.1) is 0 Å². The van der Waals surface area contributed by atoms with Crippen LogP contribution in [0.15, 0.2) is 36.7 Å². The van der Waals surface area contributed by atoms with Gasteiger partial charge < -0.3 is 15.2 Å². The summed E-state index contributed by atoms with van der Waals surface area (Å²) in [4.78, 5) is 15.2. The molecule has 2 N–H and O–H groups in total. The molecule has 5 heteroatoms. The van der Waals surface area contributed by atoms with Gasteiger partial charge in [0.1, 0.15) is 0 Å². The van der Waals surface area contributed by atoms with Crippen LogP contribution in [0.1, 0.15) is 26.8 Å². The van der Waals surface area contributed by atoms with Gasteiger partial charge in [-0.3, -0.25) is 4.79 Å². The first kappa shape index (κ1) is 13.1. The van der Waals surface area contributed by atoms with Crippen molar-refractivity contribution in [2.45, 2.75) is 26.8 Å². The van der Waals surface area contributed by atoms with Gasteiger partial charge in [-0.2, -0.15) is 0 Å². The number of nitrogens with zero attached hydrogens (tertiary/aromatic N) is 2. The number of aromatic nitrogens is 2. The van der Waals surface area contributed by atoms with Gasteiger partial charge in [-0.1, -0.05) is 0 Å². The van der Waals surface area contributed by atoms with E-state index in [1.54, 1.807) is 6.20 Å². The average molecular weight is 258 g/mol. The Hall–Kier alpha value is -2.30. The maximum Gasteiger partial charge on any atom is 0.221 e. The van der Waals surface area contributed by atoms with E-state index in [1.165, 1.54) is 6.92 Å². The number of hydrogen-bond donors (Lipinski definition) is 2. The summed E-state index contributed by atoms with van der Waals surface area (Å²) in [6, 6.07) is 7.87. The zero-order valence-electron chi connectivity index (χ0n) is 11.3. The molecule has 0 aliphatic rings. The molecule has 1 heterocycles. The lowest BCUT2D eigenvalue weighted by Crippen LogP contribution is -2.06. The molecule has 5 nitrogen and oxygen atoms in total. The molecule has 100 valence electrons. The lowest BCUT2D eigenvalue weighted by molar-refractivity contribution is -0.114. The van der Waals surface area contributed by atoms with Crippen molar-refractivity contribution in [3.63, 3.8) is 0 Å². The second-order valence-electron chi connectivity index (χ2n) is 4.64. The summed E-state index contributed by atoms with van der Waals surface area (Å²) < 4.78 is 2.06. The minimum Gasteiger partial charge on any atom is -0.326 e. The van der Waals surface area contributed by atoms with Gasteiger partial charge >= 0.3 is 0 Å². The van der Waals surface area contributed by atoms with Crippen molar-refractivity contribution in [2.75, 3.05) is 10.6 Å². The van der Waals surface area contributed by atoms with Crippen LogP contribution in [0.25, 0.3) is 0 Å². The van der Waals surface area contributed by atoms with Crippen LogP contribution in [0.2, 0.25) is 0 Å². The lowest BCUT2D eigenvalue weighted by Gasteiger charge is -2.13. The molecule has 0 atom stereocenters. The zero-order valence-corrected chi connectivity index (χ0v) is 11.3. The Balaban J connectivity index is 2.11. The third-order valence-electron chi connectivity index (χ3n) is 2.69. The van der Waals surface area contributed by atoms with E-state index < -0.39 is 0 Å². The minimum absolute atomic E-state index is 0.0731. The number of nitrogens with one attached hydrogen (secondary N) is 2. The third-order valence-corrected chi connectivity index (χ3v) is 2.69. The van der Waals surface area contributed by atoms with Crippen molar-refractivity contribution >= 4 is 23.2 Å². The Morgan fingerprint density at radius 3 is 2.42 bits per heavy atom. The number of carbonyl (C=O) groups is 1. The molecule has 0 saturated carbocycles. The predicted molar refractivity (Wildman–Crippen MR) is 76.6 cm³/mol. The van der Waals surface area contributed by atoms with Crippen LogP contribution < -0.4 is 10.6 Å². The number of benzene rings is 1. The largest absolute Gasteiger partial charge is 0.326 e. The van der Waals surface area contributed by atoms with E-state index in [0.29, 0.717) is 6.04 Å². The van der Waals surface area contributed by atoms with E-state index >= 15 is 0 Å². The van der Waals surface area contributed by atoms with Crippen LogP contribution in [-0.4, -0.2) is 15.5 Å². The summed E-state index contributed by atoms with van der Waals surface area (Å²) in [6.45, 7) is 5.70. The van der Waals surface area contributed by atoms with Crippen LogP contribution in [0, 0.1) is 0 Å². The lowest BCUT2D eigenvalue weighted by atomic mass is 10.3. The predicted octanol–water partition coefficient (Wildman–Crippen LogP) is 3.17. The molecule has 0 fully saturated rings. The quantitative estimate of drug-likeness (QED) is 0.885.